The third-order valence-corrected chi connectivity index (χ3v) is 4.30. The molecule has 0 saturated heterocycles. The number of halogens is 1. The molecule has 0 bridgehead atoms. The predicted octanol–water partition coefficient (Wildman–Crippen LogP) is 4.35. The van der Waals surface area contributed by atoms with Crippen LogP contribution in [0.4, 0.5) is 5.82 Å². The summed E-state index contributed by atoms with van der Waals surface area (Å²) >= 11 is 7.88. The van der Waals surface area contributed by atoms with Gasteiger partial charge in [0.15, 0.2) is 0 Å². The maximum absolute atomic E-state index is 5.99. The molecule has 0 radical (unpaired) electrons. The summed E-state index contributed by atoms with van der Waals surface area (Å²) in [4.78, 5) is 7.03. The summed E-state index contributed by atoms with van der Waals surface area (Å²) < 4.78 is 0. The number of hydrogen-bond donors (Lipinski definition) is 0. The summed E-state index contributed by atoms with van der Waals surface area (Å²) in [6.45, 7) is 4.43. The Kier molecular flexibility index (Phi) is 7.62. The van der Waals surface area contributed by atoms with Gasteiger partial charge < -0.3 is 4.90 Å². The number of thioether (sulfide) groups is 1. The molecule has 0 spiro atoms. The SMILES string of the molecule is CCCc1cc(CCl)cc(N(C)C(C)CCSC)n1. The third-order valence-electron chi connectivity index (χ3n) is 3.35. The number of alkyl halides is 1. The molecule has 1 aromatic rings. The number of nitrogens with zero attached hydrogens (tertiary/aromatic N) is 2. The van der Waals surface area contributed by atoms with E-state index in [0.717, 1.165) is 24.4 Å². The van der Waals surface area contributed by atoms with Crippen molar-refractivity contribution in [2.24, 2.45) is 0 Å². The lowest BCUT2D eigenvalue weighted by atomic mass is 10.1. The molecule has 108 valence electrons. The summed E-state index contributed by atoms with van der Waals surface area (Å²) in [7, 11) is 2.13. The Morgan fingerprint density at radius 1 is 1.42 bits per heavy atom. The van der Waals surface area contributed by atoms with Crippen LogP contribution in [-0.4, -0.2) is 30.1 Å². The largest absolute Gasteiger partial charge is 0.357 e. The van der Waals surface area contributed by atoms with Crippen molar-refractivity contribution in [2.45, 2.75) is 45.0 Å². The standard InChI is InChI=1S/C15H25ClN2S/c1-5-6-14-9-13(11-16)10-15(17-14)18(3)12(2)7-8-19-4/h9-10,12H,5-8,11H2,1-4H3. The van der Waals surface area contributed by atoms with E-state index >= 15 is 0 Å². The van der Waals surface area contributed by atoms with Crippen molar-refractivity contribution in [2.75, 3.05) is 24.0 Å². The van der Waals surface area contributed by atoms with Gasteiger partial charge in [0.1, 0.15) is 5.82 Å². The highest BCUT2D eigenvalue weighted by atomic mass is 35.5. The Morgan fingerprint density at radius 3 is 2.74 bits per heavy atom. The number of aryl methyl sites for hydroxylation is 1. The van der Waals surface area contributed by atoms with Crippen LogP contribution >= 0.6 is 23.4 Å². The van der Waals surface area contributed by atoms with Crippen LogP contribution in [0.3, 0.4) is 0 Å². The van der Waals surface area contributed by atoms with Crippen molar-refractivity contribution in [1.29, 1.82) is 0 Å². The number of pyridine rings is 1. The Morgan fingerprint density at radius 2 is 2.16 bits per heavy atom. The minimum atomic E-state index is 0.500. The van der Waals surface area contributed by atoms with Gasteiger partial charge in [-0.2, -0.15) is 11.8 Å². The normalized spacial score (nSPS) is 12.5. The van der Waals surface area contributed by atoms with Crippen molar-refractivity contribution in [3.05, 3.63) is 23.4 Å². The molecule has 4 heteroatoms. The monoisotopic (exact) mass is 300 g/mol. The van der Waals surface area contributed by atoms with Crippen molar-refractivity contribution >= 4 is 29.2 Å². The van der Waals surface area contributed by atoms with Gasteiger partial charge in [-0.05, 0) is 49.5 Å². The Hall–Kier alpha value is -0.410. The number of anilines is 1. The highest BCUT2D eigenvalue weighted by molar-refractivity contribution is 7.98. The van der Waals surface area contributed by atoms with Gasteiger partial charge in [0.05, 0.1) is 0 Å². The number of hydrogen-bond acceptors (Lipinski definition) is 3. The zero-order valence-electron chi connectivity index (χ0n) is 12.4. The number of aromatic nitrogens is 1. The average molecular weight is 301 g/mol. The van der Waals surface area contributed by atoms with Crippen LogP contribution in [0.25, 0.3) is 0 Å². The van der Waals surface area contributed by atoms with Crippen molar-refractivity contribution < 1.29 is 0 Å². The molecule has 1 aromatic heterocycles. The second kappa shape index (κ2) is 8.70. The van der Waals surface area contributed by atoms with Crippen LogP contribution in [0.5, 0.6) is 0 Å². The minimum Gasteiger partial charge on any atom is -0.357 e. The fourth-order valence-electron chi connectivity index (χ4n) is 1.98. The summed E-state index contributed by atoms with van der Waals surface area (Å²) in [5, 5.41) is 0. The minimum absolute atomic E-state index is 0.500. The van der Waals surface area contributed by atoms with Gasteiger partial charge in [0.25, 0.3) is 0 Å². The lowest BCUT2D eigenvalue weighted by Crippen LogP contribution is -2.30. The van der Waals surface area contributed by atoms with E-state index in [1.54, 1.807) is 0 Å². The molecule has 0 aliphatic heterocycles. The average Bonchev–Trinajstić information content (AvgIpc) is 2.43. The quantitative estimate of drug-likeness (QED) is 0.664. The van der Waals surface area contributed by atoms with Crippen molar-refractivity contribution in [1.82, 2.24) is 4.98 Å². The second-order valence-corrected chi connectivity index (χ2v) is 6.20. The predicted molar refractivity (Wildman–Crippen MR) is 88.7 cm³/mol. The van der Waals surface area contributed by atoms with E-state index in [4.69, 9.17) is 16.6 Å². The summed E-state index contributed by atoms with van der Waals surface area (Å²) in [5.41, 5.74) is 2.32. The first kappa shape index (κ1) is 16.6. The van der Waals surface area contributed by atoms with Crippen LogP contribution in [0.1, 0.15) is 37.9 Å². The van der Waals surface area contributed by atoms with Gasteiger partial charge in [-0.25, -0.2) is 4.98 Å². The highest BCUT2D eigenvalue weighted by Crippen LogP contribution is 2.20. The van der Waals surface area contributed by atoms with E-state index in [1.807, 2.05) is 11.8 Å². The molecule has 0 aliphatic rings. The van der Waals surface area contributed by atoms with E-state index in [9.17, 15) is 0 Å². The lowest BCUT2D eigenvalue weighted by Gasteiger charge is -2.26. The first-order chi connectivity index (χ1) is 9.12. The molecule has 0 fully saturated rings. The van der Waals surface area contributed by atoms with E-state index in [1.165, 1.54) is 17.7 Å². The number of rotatable bonds is 8. The van der Waals surface area contributed by atoms with Crippen LogP contribution in [0, 0.1) is 0 Å². The van der Waals surface area contributed by atoms with Crippen LogP contribution in [-0.2, 0) is 12.3 Å². The van der Waals surface area contributed by atoms with Gasteiger partial charge >= 0.3 is 0 Å². The zero-order chi connectivity index (χ0) is 14.3. The smallest absolute Gasteiger partial charge is 0.129 e. The molecular formula is C15H25ClN2S. The molecule has 1 heterocycles. The Bertz CT molecular complexity index is 384. The molecule has 1 unspecified atom stereocenters. The van der Waals surface area contributed by atoms with E-state index < -0.39 is 0 Å². The van der Waals surface area contributed by atoms with Crippen molar-refractivity contribution in [3.8, 4) is 0 Å². The molecule has 0 aliphatic carbocycles. The van der Waals surface area contributed by atoms with Gasteiger partial charge in [-0.1, -0.05) is 13.3 Å². The molecule has 2 nitrogen and oxygen atoms in total. The molecule has 0 amide bonds. The molecule has 0 saturated carbocycles. The summed E-state index contributed by atoms with van der Waals surface area (Å²) in [6, 6.07) is 4.74. The molecule has 0 N–H and O–H groups in total. The van der Waals surface area contributed by atoms with Crippen LogP contribution in [0.2, 0.25) is 0 Å². The summed E-state index contributed by atoms with van der Waals surface area (Å²) in [5.74, 6) is 2.79. The highest BCUT2D eigenvalue weighted by Gasteiger charge is 2.12. The summed E-state index contributed by atoms with van der Waals surface area (Å²) in [6.07, 6.45) is 5.46. The van der Waals surface area contributed by atoms with E-state index in [-0.39, 0.29) is 0 Å². The van der Waals surface area contributed by atoms with Crippen LogP contribution in [0.15, 0.2) is 12.1 Å². The topological polar surface area (TPSA) is 16.1 Å². The Balaban J connectivity index is 2.87. The molecule has 19 heavy (non-hydrogen) atoms. The van der Waals surface area contributed by atoms with Gasteiger partial charge in [-0.15, -0.1) is 11.6 Å². The second-order valence-electron chi connectivity index (χ2n) is 4.95. The molecule has 1 atom stereocenters. The third kappa shape index (κ3) is 5.23. The zero-order valence-corrected chi connectivity index (χ0v) is 14.0. The van der Waals surface area contributed by atoms with E-state index in [2.05, 4.69) is 44.2 Å². The lowest BCUT2D eigenvalue weighted by molar-refractivity contribution is 0.659. The molecular weight excluding hydrogens is 276 g/mol. The van der Waals surface area contributed by atoms with Crippen LogP contribution < -0.4 is 4.90 Å². The Labute approximate surface area is 126 Å². The van der Waals surface area contributed by atoms with E-state index in [0.29, 0.717) is 11.9 Å². The molecule has 1 rings (SSSR count). The maximum atomic E-state index is 5.99. The fourth-order valence-corrected chi connectivity index (χ4v) is 2.71. The van der Waals surface area contributed by atoms with Crippen molar-refractivity contribution in [3.63, 3.8) is 0 Å². The van der Waals surface area contributed by atoms with Gasteiger partial charge in [-0.3, -0.25) is 0 Å². The maximum Gasteiger partial charge on any atom is 0.129 e. The first-order valence-electron chi connectivity index (χ1n) is 6.89. The first-order valence-corrected chi connectivity index (χ1v) is 8.82. The van der Waals surface area contributed by atoms with Gasteiger partial charge in [0.2, 0.25) is 0 Å². The fraction of sp³-hybridized carbons (Fsp3) is 0.667. The molecule has 0 aromatic carbocycles. The van der Waals surface area contributed by atoms with Gasteiger partial charge in [0, 0.05) is 24.7 Å².